The molecule has 5 rings (SSSR count). The van der Waals surface area contributed by atoms with Crippen LogP contribution in [0.4, 0.5) is 14.5 Å². The van der Waals surface area contributed by atoms with Gasteiger partial charge in [-0.1, -0.05) is 60.7 Å². The van der Waals surface area contributed by atoms with Gasteiger partial charge in [-0.2, -0.15) is 0 Å². The van der Waals surface area contributed by atoms with Gasteiger partial charge < -0.3 is 0 Å². The third-order valence-corrected chi connectivity index (χ3v) is 6.67. The average molecular weight is 462 g/mol. The van der Waals surface area contributed by atoms with E-state index >= 15 is 0 Å². The fourth-order valence-corrected chi connectivity index (χ4v) is 4.99. The first-order valence-corrected chi connectivity index (χ1v) is 11.4. The number of amides is 2. The molecule has 174 valence electrons. The van der Waals surface area contributed by atoms with Crippen molar-refractivity contribution in [2.75, 3.05) is 31.1 Å². The first-order chi connectivity index (χ1) is 16.5. The fourth-order valence-electron chi connectivity index (χ4n) is 4.99. The maximum Gasteiger partial charge on any atom is 0.251 e. The molecular formula is C27H25F2N3O2. The number of anilines is 1. The van der Waals surface area contributed by atoms with E-state index in [1.807, 2.05) is 41.3 Å². The summed E-state index contributed by atoms with van der Waals surface area (Å²) in [6, 6.07) is 23.3. The van der Waals surface area contributed by atoms with Crippen LogP contribution in [0.2, 0.25) is 0 Å². The first-order valence-electron chi connectivity index (χ1n) is 11.4. The van der Waals surface area contributed by atoms with E-state index in [0.29, 0.717) is 13.1 Å². The van der Waals surface area contributed by atoms with Crippen molar-refractivity contribution in [3.05, 3.63) is 102 Å². The summed E-state index contributed by atoms with van der Waals surface area (Å²) in [5, 5.41) is 0. The lowest BCUT2D eigenvalue weighted by molar-refractivity contribution is -0.123. The summed E-state index contributed by atoms with van der Waals surface area (Å²) >= 11 is 0. The summed E-state index contributed by atoms with van der Waals surface area (Å²) in [6.07, 6.45) is 0.0403. The zero-order valence-corrected chi connectivity index (χ0v) is 18.6. The molecule has 0 aromatic heterocycles. The highest BCUT2D eigenvalue weighted by molar-refractivity contribution is 6.22. The summed E-state index contributed by atoms with van der Waals surface area (Å²) in [6.45, 7) is 2.73. The predicted molar refractivity (Wildman–Crippen MR) is 125 cm³/mol. The average Bonchev–Trinajstić information content (AvgIpc) is 3.16. The minimum Gasteiger partial charge on any atom is -0.290 e. The van der Waals surface area contributed by atoms with E-state index < -0.39 is 23.6 Å². The summed E-state index contributed by atoms with van der Waals surface area (Å²) in [4.78, 5) is 31.1. The van der Waals surface area contributed by atoms with Crippen LogP contribution in [-0.2, 0) is 9.59 Å². The van der Waals surface area contributed by atoms with Crippen LogP contribution in [0, 0.1) is 11.6 Å². The van der Waals surface area contributed by atoms with Crippen LogP contribution >= 0.6 is 0 Å². The van der Waals surface area contributed by atoms with Crippen molar-refractivity contribution < 1.29 is 18.4 Å². The highest BCUT2D eigenvalue weighted by Crippen LogP contribution is 2.32. The van der Waals surface area contributed by atoms with E-state index in [-0.39, 0.29) is 24.1 Å². The molecule has 2 amide bonds. The normalized spacial score (nSPS) is 19.9. The summed E-state index contributed by atoms with van der Waals surface area (Å²) in [5.74, 6) is -2.87. The molecule has 3 aromatic carbocycles. The van der Waals surface area contributed by atoms with Crippen LogP contribution in [-0.4, -0.2) is 53.8 Å². The number of hydrogen-bond donors (Lipinski definition) is 0. The van der Waals surface area contributed by atoms with Crippen LogP contribution in [0.3, 0.4) is 0 Å². The van der Waals surface area contributed by atoms with E-state index in [1.54, 1.807) is 0 Å². The van der Waals surface area contributed by atoms with Gasteiger partial charge in [-0.3, -0.25) is 19.4 Å². The Morgan fingerprint density at radius 3 is 1.88 bits per heavy atom. The molecule has 1 atom stereocenters. The van der Waals surface area contributed by atoms with Crippen molar-refractivity contribution in [1.82, 2.24) is 9.80 Å². The van der Waals surface area contributed by atoms with Crippen molar-refractivity contribution in [1.29, 1.82) is 0 Å². The number of nitrogens with zero attached hydrogens (tertiary/aromatic N) is 3. The molecule has 0 radical (unpaired) electrons. The Labute approximate surface area is 197 Å². The molecule has 3 aromatic rings. The van der Waals surface area contributed by atoms with Gasteiger partial charge in [0.25, 0.3) is 5.91 Å². The molecule has 2 saturated heterocycles. The van der Waals surface area contributed by atoms with E-state index in [9.17, 15) is 18.4 Å². The largest absolute Gasteiger partial charge is 0.290 e. The molecule has 0 bridgehead atoms. The Morgan fingerprint density at radius 2 is 1.32 bits per heavy atom. The molecule has 2 fully saturated rings. The van der Waals surface area contributed by atoms with Crippen molar-refractivity contribution >= 4 is 17.5 Å². The van der Waals surface area contributed by atoms with Gasteiger partial charge in [-0.15, -0.1) is 0 Å². The predicted octanol–water partition coefficient (Wildman–Crippen LogP) is 4.00. The minimum absolute atomic E-state index is 0.0403. The molecule has 0 aliphatic carbocycles. The SMILES string of the molecule is O=C1CC(N2CCN(C(c3ccccc3)c3ccccc3)CC2)C(=O)N1c1ccc(F)c(F)c1. The van der Waals surface area contributed by atoms with Gasteiger partial charge in [0.2, 0.25) is 5.91 Å². The number of benzene rings is 3. The van der Waals surface area contributed by atoms with Gasteiger partial charge in [-0.05, 0) is 23.3 Å². The highest BCUT2D eigenvalue weighted by Gasteiger charge is 2.44. The number of imide groups is 1. The lowest BCUT2D eigenvalue weighted by Crippen LogP contribution is -2.53. The van der Waals surface area contributed by atoms with Crippen molar-refractivity contribution in [3.8, 4) is 0 Å². The van der Waals surface area contributed by atoms with Gasteiger partial charge in [0.15, 0.2) is 11.6 Å². The Bertz CT molecular complexity index is 1140. The van der Waals surface area contributed by atoms with Crippen molar-refractivity contribution in [3.63, 3.8) is 0 Å². The number of rotatable bonds is 5. The third-order valence-electron chi connectivity index (χ3n) is 6.67. The molecule has 2 heterocycles. The first kappa shape index (κ1) is 22.4. The van der Waals surface area contributed by atoms with Gasteiger partial charge >= 0.3 is 0 Å². The minimum atomic E-state index is -1.08. The van der Waals surface area contributed by atoms with Gasteiger partial charge in [0.05, 0.1) is 24.2 Å². The zero-order chi connectivity index (χ0) is 23.7. The fraction of sp³-hybridized carbons (Fsp3) is 0.259. The quantitative estimate of drug-likeness (QED) is 0.539. The topological polar surface area (TPSA) is 43.9 Å². The van der Waals surface area contributed by atoms with Crippen LogP contribution in [0.5, 0.6) is 0 Å². The lowest BCUT2D eigenvalue weighted by atomic mass is 9.96. The molecule has 5 nitrogen and oxygen atoms in total. The van der Waals surface area contributed by atoms with Crippen LogP contribution in [0.15, 0.2) is 78.9 Å². The zero-order valence-electron chi connectivity index (χ0n) is 18.6. The Balaban J connectivity index is 1.31. The number of carbonyl (C=O) groups is 2. The van der Waals surface area contributed by atoms with Crippen LogP contribution in [0.25, 0.3) is 0 Å². The second-order valence-corrected chi connectivity index (χ2v) is 8.68. The Morgan fingerprint density at radius 1 is 0.735 bits per heavy atom. The molecule has 0 saturated carbocycles. The third kappa shape index (κ3) is 4.24. The van der Waals surface area contributed by atoms with E-state index in [2.05, 4.69) is 29.2 Å². The Hall–Kier alpha value is -3.42. The van der Waals surface area contributed by atoms with E-state index in [4.69, 9.17) is 0 Å². The van der Waals surface area contributed by atoms with Crippen LogP contribution in [0.1, 0.15) is 23.6 Å². The summed E-state index contributed by atoms with van der Waals surface area (Å²) < 4.78 is 27.0. The van der Waals surface area contributed by atoms with Gasteiger partial charge in [0, 0.05) is 32.2 Å². The van der Waals surface area contributed by atoms with Crippen molar-refractivity contribution in [2.24, 2.45) is 0 Å². The molecule has 2 aliphatic rings. The smallest absolute Gasteiger partial charge is 0.251 e. The van der Waals surface area contributed by atoms with Crippen molar-refractivity contribution in [2.45, 2.75) is 18.5 Å². The van der Waals surface area contributed by atoms with Gasteiger partial charge in [0.1, 0.15) is 0 Å². The molecular weight excluding hydrogens is 436 g/mol. The second-order valence-electron chi connectivity index (χ2n) is 8.68. The van der Waals surface area contributed by atoms with Gasteiger partial charge in [-0.25, -0.2) is 13.7 Å². The number of carbonyl (C=O) groups excluding carboxylic acids is 2. The molecule has 0 spiro atoms. The molecule has 34 heavy (non-hydrogen) atoms. The number of piperazine rings is 1. The lowest BCUT2D eigenvalue weighted by Gasteiger charge is -2.41. The molecule has 0 N–H and O–H groups in total. The molecule has 1 unspecified atom stereocenters. The highest BCUT2D eigenvalue weighted by atomic mass is 19.2. The van der Waals surface area contributed by atoms with E-state index in [1.165, 1.54) is 17.2 Å². The maximum absolute atomic E-state index is 13.7. The molecule has 7 heteroatoms. The maximum atomic E-state index is 13.7. The number of halogens is 2. The summed E-state index contributed by atoms with van der Waals surface area (Å²) in [5.41, 5.74) is 2.49. The monoisotopic (exact) mass is 461 g/mol. The second kappa shape index (κ2) is 9.44. The standard InChI is InChI=1S/C27H25F2N3O2/c28-22-12-11-21(17-23(22)29)32-25(33)18-24(27(32)34)30-13-15-31(16-14-30)26(19-7-3-1-4-8-19)20-9-5-2-6-10-20/h1-12,17,24,26H,13-16,18H2. The Kier molecular flexibility index (Phi) is 6.22. The van der Waals surface area contributed by atoms with E-state index in [0.717, 1.165) is 30.1 Å². The summed E-state index contributed by atoms with van der Waals surface area (Å²) in [7, 11) is 0. The number of hydrogen-bond acceptors (Lipinski definition) is 4. The molecule has 2 aliphatic heterocycles. The van der Waals surface area contributed by atoms with Crippen LogP contribution < -0.4 is 4.90 Å².